The molecule has 1 aliphatic carbocycles. The summed E-state index contributed by atoms with van der Waals surface area (Å²) in [5, 5.41) is 3.68. The highest BCUT2D eigenvalue weighted by atomic mass is 14.9. The lowest BCUT2D eigenvalue weighted by atomic mass is 9.86. The molecule has 0 radical (unpaired) electrons. The summed E-state index contributed by atoms with van der Waals surface area (Å²) >= 11 is 0. The minimum Gasteiger partial charge on any atom is -0.312 e. The van der Waals surface area contributed by atoms with Crippen molar-refractivity contribution in [3.05, 3.63) is 0 Å². The van der Waals surface area contributed by atoms with Crippen molar-refractivity contribution in [1.29, 1.82) is 0 Å². The van der Waals surface area contributed by atoms with Gasteiger partial charge in [-0.1, -0.05) is 39.0 Å². The van der Waals surface area contributed by atoms with Crippen LogP contribution in [-0.4, -0.2) is 12.1 Å². The summed E-state index contributed by atoms with van der Waals surface area (Å²) in [5.74, 6) is 1.94. The molecule has 1 saturated carbocycles. The second-order valence-electron chi connectivity index (χ2n) is 6.22. The highest BCUT2D eigenvalue weighted by Crippen LogP contribution is 2.33. The molecule has 0 aromatic heterocycles. The third-order valence-corrected chi connectivity index (χ3v) is 3.62. The van der Waals surface area contributed by atoms with Gasteiger partial charge in [-0.25, -0.2) is 0 Å². The van der Waals surface area contributed by atoms with E-state index < -0.39 is 0 Å². The molecule has 1 heteroatoms. The third kappa shape index (κ3) is 5.01. The van der Waals surface area contributed by atoms with Crippen LogP contribution in [0.25, 0.3) is 0 Å². The molecule has 1 N–H and O–H groups in total. The van der Waals surface area contributed by atoms with Gasteiger partial charge in [0.05, 0.1) is 0 Å². The zero-order valence-corrected chi connectivity index (χ0v) is 11.1. The molecule has 1 fully saturated rings. The van der Waals surface area contributed by atoms with E-state index in [4.69, 9.17) is 0 Å². The Labute approximate surface area is 96.0 Å². The van der Waals surface area contributed by atoms with Gasteiger partial charge >= 0.3 is 0 Å². The van der Waals surface area contributed by atoms with E-state index in [0.29, 0.717) is 0 Å². The summed E-state index contributed by atoms with van der Waals surface area (Å²) in [5.41, 5.74) is 0.282. The maximum atomic E-state index is 3.68. The van der Waals surface area contributed by atoms with E-state index in [1.54, 1.807) is 0 Å². The SMILES string of the molecule is CCCC(CNC(C)(C)C)C1CCCC1. The summed E-state index contributed by atoms with van der Waals surface area (Å²) < 4.78 is 0. The lowest BCUT2D eigenvalue weighted by molar-refractivity contribution is 0.272. The van der Waals surface area contributed by atoms with Gasteiger partial charge in [0.15, 0.2) is 0 Å². The monoisotopic (exact) mass is 211 g/mol. The van der Waals surface area contributed by atoms with Crippen LogP contribution in [0.4, 0.5) is 0 Å². The molecule has 1 unspecified atom stereocenters. The predicted octanol–water partition coefficient (Wildman–Crippen LogP) is 3.98. The summed E-state index contributed by atoms with van der Waals surface area (Å²) in [7, 11) is 0. The normalized spacial score (nSPS) is 20.8. The Morgan fingerprint density at radius 3 is 2.27 bits per heavy atom. The number of hydrogen-bond donors (Lipinski definition) is 1. The number of nitrogens with one attached hydrogen (secondary N) is 1. The van der Waals surface area contributed by atoms with E-state index in [2.05, 4.69) is 33.0 Å². The average Bonchev–Trinajstić information content (AvgIpc) is 2.63. The topological polar surface area (TPSA) is 12.0 Å². The highest BCUT2D eigenvalue weighted by molar-refractivity contribution is 4.80. The molecule has 0 bridgehead atoms. The van der Waals surface area contributed by atoms with Crippen LogP contribution in [0.2, 0.25) is 0 Å². The zero-order valence-electron chi connectivity index (χ0n) is 11.1. The van der Waals surface area contributed by atoms with Gasteiger partial charge in [-0.15, -0.1) is 0 Å². The van der Waals surface area contributed by atoms with E-state index in [9.17, 15) is 0 Å². The Hall–Kier alpha value is -0.0400. The van der Waals surface area contributed by atoms with Crippen molar-refractivity contribution in [3.63, 3.8) is 0 Å². The third-order valence-electron chi connectivity index (χ3n) is 3.62. The number of hydrogen-bond acceptors (Lipinski definition) is 1. The van der Waals surface area contributed by atoms with Crippen molar-refractivity contribution < 1.29 is 0 Å². The van der Waals surface area contributed by atoms with Crippen LogP contribution in [0.5, 0.6) is 0 Å². The Kier molecular flexibility index (Phi) is 5.11. The van der Waals surface area contributed by atoms with Crippen molar-refractivity contribution in [2.24, 2.45) is 11.8 Å². The molecule has 0 spiro atoms. The quantitative estimate of drug-likeness (QED) is 0.725. The maximum Gasteiger partial charge on any atom is 0.00966 e. The van der Waals surface area contributed by atoms with Gasteiger partial charge in [0.1, 0.15) is 0 Å². The first-order chi connectivity index (χ1) is 7.03. The summed E-state index contributed by atoms with van der Waals surface area (Å²) in [6.07, 6.45) is 8.66. The van der Waals surface area contributed by atoms with Gasteiger partial charge in [0, 0.05) is 5.54 Å². The van der Waals surface area contributed by atoms with Crippen molar-refractivity contribution in [3.8, 4) is 0 Å². The lowest BCUT2D eigenvalue weighted by Gasteiger charge is -2.28. The standard InChI is InChI=1S/C14H29N/c1-5-8-13(11-15-14(2,3)4)12-9-6-7-10-12/h12-13,15H,5-11H2,1-4H3. The molecular weight excluding hydrogens is 182 g/mol. The van der Waals surface area contributed by atoms with Gasteiger partial charge in [0.2, 0.25) is 0 Å². The maximum absolute atomic E-state index is 3.68. The van der Waals surface area contributed by atoms with Gasteiger partial charge in [-0.2, -0.15) is 0 Å². The van der Waals surface area contributed by atoms with Crippen LogP contribution in [-0.2, 0) is 0 Å². The zero-order chi connectivity index (χ0) is 11.3. The molecule has 0 aliphatic heterocycles. The molecular formula is C14H29N. The Balaban J connectivity index is 2.35. The van der Waals surface area contributed by atoms with E-state index in [0.717, 1.165) is 11.8 Å². The molecule has 0 aromatic rings. The van der Waals surface area contributed by atoms with Gasteiger partial charge in [-0.05, 0) is 45.6 Å². The second kappa shape index (κ2) is 5.89. The minimum atomic E-state index is 0.282. The van der Waals surface area contributed by atoms with Crippen molar-refractivity contribution in [2.45, 2.75) is 71.8 Å². The van der Waals surface area contributed by atoms with Gasteiger partial charge in [-0.3, -0.25) is 0 Å². The smallest absolute Gasteiger partial charge is 0.00966 e. The van der Waals surface area contributed by atoms with Crippen molar-refractivity contribution in [1.82, 2.24) is 5.32 Å². The molecule has 1 aliphatic rings. The molecule has 0 aromatic carbocycles. The molecule has 0 amide bonds. The van der Waals surface area contributed by atoms with Crippen molar-refractivity contribution >= 4 is 0 Å². The fourth-order valence-corrected chi connectivity index (χ4v) is 2.74. The van der Waals surface area contributed by atoms with Crippen LogP contribution in [0.15, 0.2) is 0 Å². The molecule has 1 nitrogen and oxygen atoms in total. The van der Waals surface area contributed by atoms with E-state index >= 15 is 0 Å². The predicted molar refractivity (Wildman–Crippen MR) is 68.1 cm³/mol. The Morgan fingerprint density at radius 1 is 1.20 bits per heavy atom. The number of rotatable bonds is 5. The Morgan fingerprint density at radius 2 is 1.80 bits per heavy atom. The molecule has 90 valence electrons. The molecule has 1 atom stereocenters. The van der Waals surface area contributed by atoms with Crippen LogP contribution >= 0.6 is 0 Å². The first-order valence-electron chi connectivity index (χ1n) is 6.78. The molecule has 0 saturated heterocycles. The second-order valence-corrected chi connectivity index (χ2v) is 6.22. The summed E-state index contributed by atoms with van der Waals surface area (Å²) in [6, 6.07) is 0. The van der Waals surface area contributed by atoms with Crippen LogP contribution in [0.3, 0.4) is 0 Å². The highest BCUT2D eigenvalue weighted by Gasteiger charge is 2.25. The largest absolute Gasteiger partial charge is 0.312 e. The van der Waals surface area contributed by atoms with Gasteiger partial charge in [0.25, 0.3) is 0 Å². The molecule has 1 rings (SSSR count). The van der Waals surface area contributed by atoms with Crippen LogP contribution in [0.1, 0.15) is 66.2 Å². The fourth-order valence-electron chi connectivity index (χ4n) is 2.74. The van der Waals surface area contributed by atoms with E-state index in [-0.39, 0.29) is 5.54 Å². The minimum absolute atomic E-state index is 0.282. The Bertz CT molecular complexity index is 163. The average molecular weight is 211 g/mol. The molecule has 0 heterocycles. The van der Waals surface area contributed by atoms with Gasteiger partial charge < -0.3 is 5.32 Å². The lowest BCUT2D eigenvalue weighted by Crippen LogP contribution is -2.40. The fraction of sp³-hybridized carbons (Fsp3) is 1.00. The van der Waals surface area contributed by atoms with Crippen LogP contribution < -0.4 is 5.32 Å². The van der Waals surface area contributed by atoms with Crippen LogP contribution in [0, 0.1) is 11.8 Å². The van der Waals surface area contributed by atoms with E-state index in [1.165, 1.54) is 45.1 Å². The van der Waals surface area contributed by atoms with Crippen molar-refractivity contribution in [2.75, 3.05) is 6.54 Å². The summed E-state index contributed by atoms with van der Waals surface area (Å²) in [4.78, 5) is 0. The summed E-state index contributed by atoms with van der Waals surface area (Å²) in [6.45, 7) is 10.3. The molecule has 15 heavy (non-hydrogen) atoms. The first-order valence-corrected chi connectivity index (χ1v) is 6.78. The first kappa shape index (κ1) is 13.0. The van der Waals surface area contributed by atoms with E-state index in [1.807, 2.05) is 0 Å².